The monoisotopic (exact) mass is 261 g/mol. The van der Waals surface area contributed by atoms with Crippen LogP contribution in [0.4, 0.5) is 0 Å². The number of nitrogens with two attached hydrogens (primary N) is 1. The third-order valence-corrected chi connectivity index (χ3v) is 5.51. The van der Waals surface area contributed by atoms with Crippen molar-refractivity contribution >= 4 is 10.0 Å². The molecule has 6 heteroatoms. The van der Waals surface area contributed by atoms with E-state index in [0.29, 0.717) is 18.5 Å². The Morgan fingerprint density at radius 3 is 2.12 bits per heavy atom. The molecule has 0 aromatic heterocycles. The molecule has 0 aromatic carbocycles. The van der Waals surface area contributed by atoms with Crippen molar-refractivity contribution in [2.45, 2.75) is 19.3 Å². The minimum Gasteiger partial charge on any atom is -0.330 e. The Balaban J connectivity index is 1.83. The zero-order valence-corrected chi connectivity index (χ0v) is 11.4. The summed E-state index contributed by atoms with van der Waals surface area (Å²) in [6.07, 6.45) is 5.04. The Hall–Kier alpha value is -0.170. The van der Waals surface area contributed by atoms with Gasteiger partial charge < -0.3 is 10.6 Å². The summed E-state index contributed by atoms with van der Waals surface area (Å²) >= 11 is 0. The molecule has 0 radical (unpaired) electrons. The van der Waals surface area contributed by atoms with Gasteiger partial charge >= 0.3 is 0 Å². The van der Waals surface area contributed by atoms with E-state index in [1.165, 1.54) is 25.5 Å². The van der Waals surface area contributed by atoms with Gasteiger partial charge in [-0.1, -0.05) is 6.42 Å². The van der Waals surface area contributed by atoms with Crippen LogP contribution in [0.1, 0.15) is 19.3 Å². The maximum atomic E-state index is 11.4. The Morgan fingerprint density at radius 1 is 1.18 bits per heavy atom. The van der Waals surface area contributed by atoms with Crippen molar-refractivity contribution in [2.24, 2.45) is 11.1 Å². The van der Waals surface area contributed by atoms with Crippen molar-refractivity contribution in [3.8, 4) is 0 Å². The Kier molecular flexibility index (Phi) is 3.77. The van der Waals surface area contributed by atoms with Gasteiger partial charge in [0.2, 0.25) is 10.0 Å². The average molecular weight is 261 g/mol. The molecular weight excluding hydrogens is 238 g/mol. The second-order valence-corrected chi connectivity index (χ2v) is 7.48. The molecule has 2 aliphatic rings. The van der Waals surface area contributed by atoms with E-state index in [1.54, 1.807) is 4.31 Å². The number of hydrogen-bond acceptors (Lipinski definition) is 4. The highest BCUT2D eigenvalue weighted by Crippen LogP contribution is 2.40. The van der Waals surface area contributed by atoms with Gasteiger partial charge in [0, 0.05) is 32.7 Å². The molecule has 0 bridgehead atoms. The molecule has 0 amide bonds. The topological polar surface area (TPSA) is 66.6 Å². The highest BCUT2D eigenvalue weighted by atomic mass is 32.2. The summed E-state index contributed by atoms with van der Waals surface area (Å²) in [5, 5.41) is 0. The summed E-state index contributed by atoms with van der Waals surface area (Å²) in [5.74, 6) is 0. The minimum absolute atomic E-state index is 0.327. The largest absolute Gasteiger partial charge is 0.330 e. The summed E-state index contributed by atoms with van der Waals surface area (Å²) in [4.78, 5) is 2.37. The summed E-state index contributed by atoms with van der Waals surface area (Å²) in [6.45, 7) is 4.74. The van der Waals surface area contributed by atoms with Gasteiger partial charge in [0.1, 0.15) is 0 Å². The standard InChI is InChI=1S/C11H23N3O2S/c1-17(15,16)14-7-5-13(6-8-14)10-11(9-12)3-2-4-11/h2-10,12H2,1H3. The molecule has 0 aromatic rings. The van der Waals surface area contributed by atoms with Gasteiger partial charge in [-0.15, -0.1) is 0 Å². The van der Waals surface area contributed by atoms with E-state index in [0.717, 1.165) is 26.2 Å². The van der Waals surface area contributed by atoms with E-state index < -0.39 is 10.0 Å². The second kappa shape index (κ2) is 4.84. The lowest BCUT2D eigenvalue weighted by Gasteiger charge is -2.46. The van der Waals surface area contributed by atoms with Gasteiger partial charge in [0.05, 0.1) is 6.26 Å². The fourth-order valence-electron chi connectivity index (χ4n) is 2.80. The Morgan fingerprint density at radius 2 is 1.76 bits per heavy atom. The van der Waals surface area contributed by atoms with Crippen molar-refractivity contribution < 1.29 is 8.42 Å². The first-order valence-electron chi connectivity index (χ1n) is 6.33. The first-order valence-corrected chi connectivity index (χ1v) is 8.18. The zero-order chi connectivity index (χ0) is 12.5. The first-order chi connectivity index (χ1) is 7.95. The van der Waals surface area contributed by atoms with Gasteiger partial charge in [0.25, 0.3) is 0 Å². The molecule has 1 aliphatic carbocycles. The molecule has 100 valence electrons. The molecule has 1 saturated heterocycles. The van der Waals surface area contributed by atoms with Crippen LogP contribution in [0.25, 0.3) is 0 Å². The summed E-state index contributed by atoms with van der Waals surface area (Å²) < 4.78 is 24.3. The van der Waals surface area contributed by atoms with Crippen molar-refractivity contribution in [2.75, 3.05) is 45.5 Å². The number of piperazine rings is 1. The lowest BCUT2D eigenvalue weighted by Crippen LogP contribution is -2.54. The maximum absolute atomic E-state index is 11.4. The number of sulfonamides is 1. The van der Waals surface area contributed by atoms with E-state index in [2.05, 4.69) is 4.90 Å². The average Bonchev–Trinajstić information content (AvgIpc) is 2.23. The quantitative estimate of drug-likeness (QED) is 0.754. The van der Waals surface area contributed by atoms with Gasteiger partial charge in [0.15, 0.2) is 0 Å². The molecule has 1 saturated carbocycles. The normalized spacial score (nSPS) is 26.7. The van der Waals surface area contributed by atoms with Crippen LogP contribution in [0.2, 0.25) is 0 Å². The van der Waals surface area contributed by atoms with E-state index in [-0.39, 0.29) is 0 Å². The van der Waals surface area contributed by atoms with Gasteiger partial charge in [-0.3, -0.25) is 0 Å². The molecule has 5 nitrogen and oxygen atoms in total. The highest BCUT2D eigenvalue weighted by molar-refractivity contribution is 7.88. The van der Waals surface area contributed by atoms with Crippen LogP contribution < -0.4 is 5.73 Å². The molecule has 2 N–H and O–H groups in total. The van der Waals surface area contributed by atoms with Crippen molar-refractivity contribution in [1.82, 2.24) is 9.21 Å². The highest BCUT2D eigenvalue weighted by Gasteiger charge is 2.38. The fraction of sp³-hybridized carbons (Fsp3) is 1.00. The van der Waals surface area contributed by atoms with E-state index >= 15 is 0 Å². The second-order valence-electron chi connectivity index (χ2n) is 5.50. The van der Waals surface area contributed by atoms with Crippen LogP contribution in [-0.4, -0.2) is 63.1 Å². The first kappa shape index (κ1) is 13.3. The van der Waals surface area contributed by atoms with Crippen molar-refractivity contribution in [1.29, 1.82) is 0 Å². The summed E-state index contributed by atoms with van der Waals surface area (Å²) in [7, 11) is -3.01. The third kappa shape index (κ3) is 2.99. The van der Waals surface area contributed by atoms with Gasteiger partial charge in [-0.2, -0.15) is 4.31 Å². The molecule has 1 heterocycles. The van der Waals surface area contributed by atoms with Gasteiger partial charge in [-0.25, -0.2) is 8.42 Å². The van der Waals surface area contributed by atoms with Crippen molar-refractivity contribution in [3.63, 3.8) is 0 Å². The molecule has 17 heavy (non-hydrogen) atoms. The minimum atomic E-state index is -3.01. The molecular formula is C11H23N3O2S. The summed E-state index contributed by atoms with van der Waals surface area (Å²) in [5.41, 5.74) is 6.18. The molecule has 0 spiro atoms. The molecule has 0 atom stereocenters. The van der Waals surface area contributed by atoms with Gasteiger partial charge in [-0.05, 0) is 24.8 Å². The number of rotatable bonds is 4. The fourth-order valence-corrected chi connectivity index (χ4v) is 3.62. The Bertz CT molecular complexity index is 351. The third-order valence-electron chi connectivity index (χ3n) is 4.21. The van der Waals surface area contributed by atoms with Crippen LogP contribution in [0, 0.1) is 5.41 Å². The van der Waals surface area contributed by atoms with Crippen molar-refractivity contribution in [3.05, 3.63) is 0 Å². The lowest BCUT2D eigenvalue weighted by molar-refractivity contribution is 0.0580. The predicted octanol–water partition coefficient (Wildman–Crippen LogP) is -0.307. The van der Waals surface area contributed by atoms with Crippen LogP contribution in [0.5, 0.6) is 0 Å². The van der Waals surface area contributed by atoms with E-state index in [1.807, 2.05) is 0 Å². The molecule has 2 fully saturated rings. The predicted molar refractivity (Wildman–Crippen MR) is 68.2 cm³/mol. The zero-order valence-electron chi connectivity index (χ0n) is 10.6. The number of nitrogens with zero attached hydrogens (tertiary/aromatic N) is 2. The van der Waals surface area contributed by atoms with E-state index in [9.17, 15) is 8.42 Å². The van der Waals surface area contributed by atoms with Crippen LogP contribution in [-0.2, 0) is 10.0 Å². The SMILES string of the molecule is CS(=O)(=O)N1CCN(CC2(CN)CCC2)CC1. The van der Waals surface area contributed by atoms with Crippen LogP contribution in [0.3, 0.4) is 0 Å². The number of hydrogen-bond donors (Lipinski definition) is 1. The lowest BCUT2D eigenvalue weighted by atomic mass is 9.68. The van der Waals surface area contributed by atoms with Crippen LogP contribution in [0.15, 0.2) is 0 Å². The summed E-state index contributed by atoms with van der Waals surface area (Å²) in [6, 6.07) is 0. The van der Waals surface area contributed by atoms with E-state index in [4.69, 9.17) is 5.73 Å². The molecule has 1 aliphatic heterocycles. The molecule has 0 unspecified atom stereocenters. The Labute approximate surface area is 104 Å². The smallest absolute Gasteiger partial charge is 0.211 e. The van der Waals surface area contributed by atoms with Crippen LogP contribution >= 0.6 is 0 Å². The molecule has 2 rings (SSSR count). The maximum Gasteiger partial charge on any atom is 0.211 e.